The molecular formula is C27H22N4O4. The van der Waals surface area contributed by atoms with Crippen LogP contribution in [0.15, 0.2) is 67.0 Å². The van der Waals surface area contributed by atoms with Gasteiger partial charge in [-0.2, -0.15) is 0 Å². The Bertz CT molecular complexity index is 1590. The Hall–Kier alpha value is -4.59. The molecule has 3 heterocycles. The van der Waals surface area contributed by atoms with Crippen molar-refractivity contribution >= 4 is 5.65 Å². The Morgan fingerprint density at radius 1 is 0.971 bits per heavy atom. The monoisotopic (exact) mass is 466 g/mol. The summed E-state index contributed by atoms with van der Waals surface area (Å²) in [5.41, 5.74) is 5.28. The highest BCUT2D eigenvalue weighted by Crippen LogP contribution is 2.49. The van der Waals surface area contributed by atoms with E-state index >= 15 is 0 Å². The van der Waals surface area contributed by atoms with Crippen molar-refractivity contribution in [3.63, 3.8) is 0 Å². The van der Waals surface area contributed by atoms with Gasteiger partial charge in [-0.3, -0.25) is 0 Å². The molecule has 8 heteroatoms. The summed E-state index contributed by atoms with van der Waals surface area (Å²) in [7, 11) is 3.22. The van der Waals surface area contributed by atoms with E-state index in [1.165, 1.54) is 0 Å². The summed E-state index contributed by atoms with van der Waals surface area (Å²) < 4.78 is 18.9. The number of aryl methyl sites for hydroxylation is 1. The van der Waals surface area contributed by atoms with Crippen molar-refractivity contribution < 1.29 is 19.3 Å². The van der Waals surface area contributed by atoms with Gasteiger partial charge in [0, 0.05) is 23.1 Å². The zero-order valence-electron chi connectivity index (χ0n) is 19.4. The number of hydrogen-bond acceptors (Lipinski definition) is 7. The van der Waals surface area contributed by atoms with E-state index in [4.69, 9.17) is 24.3 Å². The van der Waals surface area contributed by atoms with Crippen molar-refractivity contribution in [1.29, 1.82) is 0 Å². The van der Waals surface area contributed by atoms with Crippen LogP contribution in [0.4, 0.5) is 0 Å². The standard InChI is InChI=1S/C27H22N4O4/c1-15-6-4-5-7-18(15)25-29-26-24-23(16-8-11-20(33-2)22(12-16)34-3)19-10-9-17(32)13-21(19)35-27(24)28-14-31(26)30-25/h4-14,23,32H,1-3H3. The van der Waals surface area contributed by atoms with Gasteiger partial charge in [0.05, 0.1) is 19.8 Å². The molecule has 6 rings (SSSR count). The van der Waals surface area contributed by atoms with Crippen LogP contribution < -0.4 is 14.2 Å². The second kappa shape index (κ2) is 8.02. The van der Waals surface area contributed by atoms with Gasteiger partial charge in [0.1, 0.15) is 17.8 Å². The van der Waals surface area contributed by atoms with Gasteiger partial charge in [-0.15, -0.1) is 5.10 Å². The molecule has 1 atom stereocenters. The van der Waals surface area contributed by atoms with Crippen molar-refractivity contribution in [2.75, 3.05) is 14.2 Å². The molecular weight excluding hydrogens is 444 g/mol. The predicted octanol–water partition coefficient (Wildman–Crippen LogP) is 5.11. The number of rotatable bonds is 4. The third kappa shape index (κ3) is 3.33. The third-order valence-electron chi connectivity index (χ3n) is 6.32. The van der Waals surface area contributed by atoms with E-state index in [1.807, 2.05) is 55.5 Å². The van der Waals surface area contributed by atoms with E-state index in [0.717, 1.165) is 27.8 Å². The first-order chi connectivity index (χ1) is 17.1. The Kier molecular flexibility index (Phi) is 4.81. The molecule has 0 amide bonds. The lowest BCUT2D eigenvalue weighted by Gasteiger charge is -2.28. The summed E-state index contributed by atoms with van der Waals surface area (Å²) in [6.07, 6.45) is 1.60. The van der Waals surface area contributed by atoms with E-state index < -0.39 is 0 Å². The number of benzene rings is 3. The molecule has 0 saturated carbocycles. The number of phenolic OH excluding ortho intramolecular Hbond substituents is 1. The Morgan fingerprint density at radius 3 is 2.60 bits per heavy atom. The lowest BCUT2D eigenvalue weighted by Crippen LogP contribution is -2.15. The van der Waals surface area contributed by atoms with Gasteiger partial charge in [-0.25, -0.2) is 14.5 Å². The van der Waals surface area contributed by atoms with Crippen molar-refractivity contribution in [2.45, 2.75) is 12.8 Å². The fourth-order valence-electron chi connectivity index (χ4n) is 4.62. The van der Waals surface area contributed by atoms with Gasteiger partial charge in [0.2, 0.25) is 5.88 Å². The van der Waals surface area contributed by atoms with Gasteiger partial charge in [-0.05, 0) is 36.2 Å². The summed E-state index contributed by atoms with van der Waals surface area (Å²) in [5, 5.41) is 14.8. The van der Waals surface area contributed by atoms with Crippen LogP contribution in [0.5, 0.6) is 28.9 Å². The Labute approximate surface area is 201 Å². The number of aromatic nitrogens is 4. The van der Waals surface area contributed by atoms with Gasteiger partial charge < -0.3 is 19.3 Å². The lowest BCUT2D eigenvalue weighted by molar-refractivity contribution is 0.354. The van der Waals surface area contributed by atoms with E-state index in [2.05, 4.69) is 4.98 Å². The predicted molar refractivity (Wildman–Crippen MR) is 130 cm³/mol. The number of aromatic hydroxyl groups is 1. The largest absolute Gasteiger partial charge is 0.508 e. The normalized spacial score (nSPS) is 14.2. The highest BCUT2D eigenvalue weighted by Gasteiger charge is 2.34. The second-order valence-electron chi connectivity index (χ2n) is 8.35. The van der Waals surface area contributed by atoms with Gasteiger partial charge in [-0.1, -0.05) is 36.4 Å². The molecule has 1 N–H and O–H groups in total. The van der Waals surface area contributed by atoms with Crippen LogP contribution in [-0.4, -0.2) is 38.9 Å². The fraction of sp³-hybridized carbons (Fsp3) is 0.148. The number of methoxy groups -OCH3 is 2. The maximum Gasteiger partial charge on any atom is 0.228 e. The SMILES string of the molecule is COc1ccc(C2c3ccc(O)cc3Oc3ncn4nc(-c5ccccc5C)nc4c32)cc1OC. The average Bonchev–Trinajstić information content (AvgIpc) is 3.31. The van der Waals surface area contributed by atoms with E-state index in [-0.39, 0.29) is 11.7 Å². The van der Waals surface area contributed by atoms with E-state index in [9.17, 15) is 5.11 Å². The molecule has 8 nitrogen and oxygen atoms in total. The highest BCUT2D eigenvalue weighted by atomic mass is 16.5. The number of ether oxygens (including phenoxy) is 3. The Balaban J connectivity index is 1.62. The maximum absolute atomic E-state index is 10.1. The quantitative estimate of drug-likeness (QED) is 0.386. The minimum Gasteiger partial charge on any atom is -0.508 e. The average molecular weight is 466 g/mol. The van der Waals surface area contributed by atoms with E-state index in [1.54, 1.807) is 37.2 Å². The van der Waals surface area contributed by atoms with Crippen molar-refractivity contribution in [3.8, 4) is 40.3 Å². The van der Waals surface area contributed by atoms with Crippen molar-refractivity contribution in [2.24, 2.45) is 0 Å². The Morgan fingerprint density at radius 2 is 1.80 bits per heavy atom. The third-order valence-corrected chi connectivity index (χ3v) is 6.32. The maximum atomic E-state index is 10.1. The van der Waals surface area contributed by atoms with Gasteiger partial charge >= 0.3 is 0 Å². The van der Waals surface area contributed by atoms with Crippen molar-refractivity contribution in [1.82, 2.24) is 19.6 Å². The molecule has 5 aromatic rings. The van der Waals surface area contributed by atoms with Crippen LogP contribution in [0.3, 0.4) is 0 Å². The molecule has 0 bridgehead atoms. The summed E-state index contributed by atoms with van der Waals surface area (Å²) >= 11 is 0. The molecule has 0 spiro atoms. The zero-order chi connectivity index (χ0) is 24.1. The van der Waals surface area contributed by atoms with Gasteiger partial charge in [0.25, 0.3) is 0 Å². The summed E-state index contributed by atoms with van der Waals surface area (Å²) in [6, 6.07) is 18.9. The van der Waals surface area contributed by atoms with Crippen LogP contribution in [0.1, 0.15) is 28.2 Å². The number of nitrogens with zero attached hydrogens (tertiary/aromatic N) is 4. The molecule has 0 saturated heterocycles. The molecule has 0 radical (unpaired) electrons. The second-order valence-corrected chi connectivity index (χ2v) is 8.35. The number of hydrogen-bond donors (Lipinski definition) is 1. The molecule has 1 aliphatic rings. The minimum atomic E-state index is -0.292. The van der Waals surface area contributed by atoms with Crippen molar-refractivity contribution in [3.05, 3.63) is 89.2 Å². The lowest BCUT2D eigenvalue weighted by atomic mass is 9.83. The first-order valence-electron chi connectivity index (χ1n) is 11.1. The molecule has 0 aliphatic carbocycles. The highest BCUT2D eigenvalue weighted by molar-refractivity contribution is 5.70. The molecule has 2 aromatic heterocycles. The summed E-state index contributed by atoms with van der Waals surface area (Å²) in [6.45, 7) is 2.03. The van der Waals surface area contributed by atoms with Gasteiger partial charge in [0.15, 0.2) is 23.0 Å². The van der Waals surface area contributed by atoms with Crippen LogP contribution in [0, 0.1) is 6.92 Å². The topological polar surface area (TPSA) is 91.0 Å². The molecule has 35 heavy (non-hydrogen) atoms. The molecule has 0 fully saturated rings. The molecule has 174 valence electrons. The molecule has 1 unspecified atom stereocenters. The fourth-order valence-corrected chi connectivity index (χ4v) is 4.62. The van der Waals surface area contributed by atoms with Crippen LogP contribution >= 0.6 is 0 Å². The van der Waals surface area contributed by atoms with Crippen LogP contribution in [-0.2, 0) is 0 Å². The van der Waals surface area contributed by atoms with Crippen LogP contribution in [0.25, 0.3) is 17.0 Å². The zero-order valence-corrected chi connectivity index (χ0v) is 19.4. The minimum absolute atomic E-state index is 0.114. The molecule has 3 aromatic carbocycles. The van der Waals surface area contributed by atoms with E-state index in [0.29, 0.717) is 34.6 Å². The summed E-state index contributed by atoms with van der Waals surface area (Å²) in [5.74, 6) is 2.63. The smallest absolute Gasteiger partial charge is 0.228 e. The first-order valence-corrected chi connectivity index (χ1v) is 11.1. The van der Waals surface area contributed by atoms with Crippen LogP contribution in [0.2, 0.25) is 0 Å². The summed E-state index contributed by atoms with van der Waals surface area (Å²) in [4.78, 5) is 9.48. The molecule has 1 aliphatic heterocycles. The number of fused-ring (bicyclic) bond motifs is 4. The number of phenols is 1. The first kappa shape index (κ1) is 21.0.